The predicted molar refractivity (Wildman–Crippen MR) is 67.6 cm³/mol. The molecule has 0 atom stereocenters. The monoisotopic (exact) mass is 284 g/mol. The molecule has 0 unspecified atom stereocenters. The van der Waals surface area contributed by atoms with E-state index in [0.29, 0.717) is 13.2 Å². The fraction of sp³-hybridized carbons (Fsp3) is 0.538. The first kappa shape index (κ1) is 11.9. The molecule has 1 N–H and O–H groups in total. The Bertz CT molecular complexity index is 325. The molecule has 1 aliphatic carbocycles. The minimum Gasteiger partial charge on any atom is -0.494 e. The van der Waals surface area contributed by atoms with Crippen molar-refractivity contribution in [1.29, 1.82) is 0 Å². The fourth-order valence-corrected chi connectivity index (χ4v) is 2.34. The van der Waals surface area contributed by atoms with Gasteiger partial charge in [0.05, 0.1) is 6.61 Å². The number of hydrogen-bond acceptors (Lipinski definition) is 2. The van der Waals surface area contributed by atoms with Gasteiger partial charge in [-0.15, -0.1) is 0 Å². The molecule has 1 saturated carbocycles. The summed E-state index contributed by atoms with van der Waals surface area (Å²) in [6, 6.07) is 7.86. The fourth-order valence-electron chi connectivity index (χ4n) is 2.08. The Labute approximate surface area is 105 Å². The van der Waals surface area contributed by atoms with E-state index in [1.807, 2.05) is 24.3 Å². The van der Waals surface area contributed by atoms with Crippen molar-refractivity contribution in [2.24, 2.45) is 5.41 Å². The Morgan fingerprint density at radius 3 is 2.44 bits per heavy atom. The minimum absolute atomic E-state index is 0.162. The maximum Gasteiger partial charge on any atom is 0.119 e. The lowest BCUT2D eigenvalue weighted by Crippen LogP contribution is -2.34. The second-order valence-electron chi connectivity index (χ2n) is 4.56. The molecule has 2 nitrogen and oxygen atoms in total. The third-order valence-electron chi connectivity index (χ3n) is 3.46. The summed E-state index contributed by atoms with van der Waals surface area (Å²) in [5.74, 6) is 0.899. The van der Waals surface area contributed by atoms with Crippen LogP contribution in [0.25, 0.3) is 0 Å². The third-order valence-corrected chi connectivity index (χ3v) is 3.99. The van der Waals surface area contributed by atoms with Crippen molar-refractivity contribution >= 4 is 15.9 Å². The van der Waals surface area contributed by atoms with Crippen LogP contribution in [0.3, 0.4) is 0 Å². The number of ether oxygens (including phenoxy) is 1. The summed E-state index contributed by atoms with van der Waals surface area (Å²) in [7, 11) is 0. The summed E-state index contributed by atoms with van der Waals surface area (Å²) in [5.41, 5.74) is 0.162. The molecule has 0 aromatic heterocycles. The molecule has 1 aromatic carbocycles. The summed E-state index contributed by atoms with van der Waals surface area (Å²) < 4.78 is 6.72. The van der Waals surface area contributed by atoms with Crippen LogP contribution in [0.4, 0.5) is 0 Å². The maximum atomic E-state index is 9.31. The lowest BCUT2D eigenvalue weighted by molar-refractivity contribution is 0.0235. The molecule has 1 fully saturated rings. The summed E-state index contributed by atoms with van der Waals surface area (Å²) >= 11 is 3.39. The first-order chi connectivity index (χ1) is 7.74. The van der Waals surface area contributed by atoms with Crippen molar-refractivity contribution in [1.82, 2.24) is 0 Å². The minimum atomic E-state index is 0.162. The molecular weight excluding hydrogens is 268 g/mol. The van der Waals surface area contributed by atoms with Crippen LogP contribution in [-0.2, 0) is 0 Å². The SMILES string of the molecule is OCC1(CCOc2ccc(Br)cc2)CCC1. The van der Waals surface area contributed by atoms with Crippen LogP contribution in [-0.4, -0.2) is 18.3 Å². The van der Waals surface area contributed by atoms with Gasteiger partial charge in [0.2, 0.25) is 0 Å². The van der Waals surface area contributed by atoms with Crippen LogP contribution in [0.2, 0.25) is 0 Å². The van der Waals surface area contributed by atoms with Gasteiger partial charge in [-0.05, 0) is 48.9 Å². The molecule has 1 aromatic rings. The van der Waals surface area contributed by atoms with E-state index in [0.717, 1.165) is 29.5 Å². The number of benzene rings is 1. The van der Waals surface area contributed by atoms with Crippen molar-refractivity contribution in [2.45, 2.75) is 25.7 Å². The van der Waals surface area contributed by atoms with E-state index in [-0.39, 0.29) is 5.41 Å². The molecule has 16 heavy (non-hydrogen) atoms. The van der Waals surface area contributed by atoms with Gasteiger partial charge in [0.1, 0.15) is 5.75 Å². The smallest absolute Gasteiger partial charge is 0.119 e. The van der Waals surface area contributed by atoms with Gasteiger partial charge in [-0.3, -0.25) is 0 Å². The van der Waals surface area contributed by atoms with Gasteiger partial charge < -0.3 is 9.84 Å². The van der Waals surface area contributed by atoms with Gasteiger partial charge in [-0.25, -0.2) is 0 Å². The molecule has 1 aliphatic rings. The zero-order valence-electron chi connectivity index (χ0n) is 9.29. The van der Waals surface area contributed by atoms with E-state index < -0.39 is 0 Å². The highest BCUT2D eigenvalue weighted by Gasteiger charge is 2.35. The molecule has 0 bridgehead atoms. The van der Waals surface area contributed by atoms with E-state index in [1.54, 1.807) is 0 Å². The van der Waals surface area contributed by atoms with Crippen LogP contribution in [0.1, 0.15) is 25.7 Å². The van der Waals surface area contributed by atoms with E-state index in [1.165, 1.54) is 6.42 Å². The standard InChI is InChI=1S/C13H17BrO2/c14-11-2-4-12(5-3-11)16-9-8-13(10-15)6-1-7-13/h2-5,15H,1,6-10H2. The molecule has 88 valence electrons. The van der Waals surface area contributed by atoms with Crippen molar-refractivity contribution in [3.8, 4) is 5.75 Å². The van der Waals surface area contributed by atoms with E-state index in [2.05, 4.69) is 15.9 Å². The molecule has 0 saturated heterocycles. The topological polar surface area (TPSA) is 29.5 Å². The summed E-state index contributed by atoms with van der Waals surface area (Å²) in [4.78, 5) is 0. The highest BCUT2D eigenvalue weighted by molar-refractivity contribution is 9.10. The highest BCUT2D eigenvalue weighted by atomic mass is 79.9. The largest absolute Gasteiger partial charge is 0.494 e. The zero-order chi connectivity index (χ0) is 11.4. The van der Waals surface area contributed by atoms with Crippen molar-refractivity contribution in [2.75, 3.05) is 13.2 Å². The molecule has 0 aliphatic heterocycles. The van der Waals surface area contributed by atoms with Crippen LogP contribution < -0.4 is 4.74 Å². The number of hydrogen-bond donors (Lipinski definition) is 1. The summed E-state index contributed by atoms with van der Waals surface area (Å²) in [6.07, 6.45) is 4.50. The maximum absolute atomic E-state index is 9.31. The number of rotatable bonds is 5. The quantitative estimate of drug-likeness (QED) is 0.898. The molecule has 0 heterocycles. The van der Waals surface area contributed by atoms with Crippen LogP contribution in [0.15, 0.2) is 28.7 Å². The molecular formula is C13H17BrO2. The van der Waals surface area contributed by atoms with E-state index in [4.69, 9.17) is 4.74 Å². The Morgan fingerprint density at radius 1 is 1.25 bits per heavy atom. The van der Waals surface area contributed by atoms with Crippen LogP contribution in [0.5, 0.6) is 5.75 Å². The number of aliphatic hydroxyl groups is 1. The number of halogens is 1. The molecule has 0 amide bonds. The lowest BCUT2D eigenvalue weighted by atomic mass is 9.67. The lowest BCUT2D eigenvalue weighted by Gasteiger charge is -2.40. The Morgan fingerprint density at radius 2 is 1.94 bits per heavy atom. The van der Waals surface area contributed by atoms with E-state index >= 15 is 0 Å². The van der Waals surface area contributed by atoms with Gasteiger partial charge in [0.25, 0.3) is 0 Å². The first-order valence-corrected chi connectivity index (χ1v) is 6.53. The van der Waals surface area contributed by atoms with E-state index in [9.17, 15) is 5.11 Å². The first-order valence-electron chi connectivity index (χ1n) is 5.73. The van der Waals surface area contributed by atoms with Gasteiger partial charge in [0, 0.05) is 11.1 Å². The Balaban J connectivity index is 1.77. The Hall–Kier alpha value is -0.540. The van der Waals surface area contributed by atoms with Crippen molar-refractivity contribution in [3.63, 3.8) is 0 Å². The van der Waals surface area contributed by atoms with Crippen molar-refractivity contribution < 1.29 is 9.84 Å². The van der Waals surface area contributed by atoms with Crippen LogP contribution in [0, 0.1) is 5.41 Å². The third kappa shape index (κ3) is 2.77. The second kappa shape index (κ2) is 5.19. The Kier molecular flexibility index (Phi) is 3.87. The average Bonchev–Trinajstić information content (AvgIpc) is 2.25. The zero-order valence-corrected chi connectivity index (χ0v) is 10.9. The molecule has 3 heteroatoms. The number of aliphatic hydroxyl groups excluding tert-OH is 1. The average molecular weight is 285 g/mol. The molecule has 0 spiro atoms. The second-order valence-corrected chi connectivity index (χ2v) is 5.48. The summed E-state index contributed by atoms with van der Waals surface area (Å²) in [6.45, 7) is 0.999. The van der Waals surface area contributed by atoms with Crippen LogP contribution >= 0.6 is 15.9 Å². The van der Waals surface area contributed by atoms with Gasteiger partial charge in [-0.1, -0.05) is 22.4 Å². The van der Waals surface area contributed by atoms with Gasteiger partial charge in [0.15, 0.2) is 0 Å². The van der Waals surface area contributed by atoms with Gasteiger partial charge in [-0.2, -0.15) is 0 Å². The predicted octanol–water partition coefficient (Wildman–Crippen LogP) is 3.38. The molecule has 0 radical (unpaired) electrons. The molecule has 2 rings (SSSR count). The summed E-state index contributed by atoms with van der Waals surface area (Å²) in [5, 5.41) is 9.31. The normalized spacial score (nSPS) is 17.9. The van der Waals surface area contributed by atoms with Gasteiger partial charge >= 0.3 is 0 Å². The highest BCUT2D eigenvalue weighted by Crippen LogP contribution is 2.43. The van der Waals surface area contributed by atoms with Crippen molar-refractivity contribution in [3.05, 3.63) is 28.7 Å².